The highest BCUT2D eigenvalue weighted by molar-refractivity contribution is 6.42. The molecule has 0 aliphatic rings. The Kier molecular flexibility index (Phi) is 4.99. The minimum Gasteiger partial charge on any atom is -0.299 e. The fraction of sp³-hybridized carbons (Fsp3) is 0.333. The molecule has 1 aromatic rings. The average Bonchev–Trinajstić information content (AvgIpc) is 2.15. The third-order valence-corrected chi connectivity index (χ3v) is 3.08. The Morgan fingerprint density at radius 1 is 1.12 bits per heavy atom. The van der Waals surface area contributed by atoms with Crippen molar-refractivity contribution in [3.05, 3.63) is 32.8 Å². The second-order valence-electron chi connectivity index (χ2n) is 3.97. The zero-order valence-electron chi connectivity index (χ0n) is 9.39. The van der Waals surface area contributed by atoms with E-state index < -0.39 is 0 Å². The lowest BCUT2D eigenvalue weighted by atomic mass is 10.00. The van der Waals surface area contributed by atoms with Gasteiger partial charge in [-0.3, -0.25) is 9.59 Å². The summed E-state index contributed by atoms with van der Waals surface area (Å²) >= 11 is 17.5. The van der Waals surface area contributed by atoms with Crippen molar-refractivity contribution in [1.82, 2.24) is 0 Å². The van der Waals surface area contributed by atoms with E-state index >= 15 is 0 Å². The maximum Gasteiger partial charge on any atom is 0.173 e. The molecule has 92 valence electrons. The van der Waals surface area contributed by atoms with Crippen molar-refractivity contribution in [2.75, 3.05) is 0 Å². The molecule has 0 unspecified atom stereocenters. The van der Waals surface area contributed by atoms with Gasteiger partial charge in [0.05, 0.1) is 22.0 Å². The van der Waals surface area contributed by atoms with E-state index in [0.29, 0.717) is 5.02 Å². The molecule has 0 amide bonds. The first kappa shape index (κ1) is 14.5. The number of carbonyl (C=O) groups is 2. The van der Waals surface area contributed by atoms with Crippen LogP contribution in [0.4, 0.5) is 0 Å². The van der Waals surface area contributed by atoms with Crippen LogP contribution in [0.25, 0.3) is 0 Å². The summed E-state index contributed by atoms with van der Waals surface area (Å²) < 4.78 is 0. The molecule has 17 heavy (non-hydrogen) atoms. The third-order valence-electron chi connectivity index (χ3n) is 2.26. The van der Waals surface area contributed by atoms with Crippen LogP contribution in [0.5, 0.6) is 0 Å². The minimum absolute atomic E-state index is 0.142. The summed E-state index contributed by atoms with van der Waals surface area (Å²) in [4.78, 5) is 23.4. The number of hydrogen-bond acceptors (Lipinski definition) is 2. The smallest absolute Gasteiger partial charge is 0.173 e. The van der Waals surface area contributed by atoms with Gasteiger partial charge in [0.1, 0.15) is 5.78 Å². The molecular weight excluding hydrogens is 282 g/mol. The second kappa shape index (κ2) is 5.85. The first-order valence-electron chi connectivity index (χ1n) is 5.03. The molecule has 0 N–H and O–H groups in total. The third kappa shape index (κ3) is 3.70. The van der Waals surface area contributed by atoms with Crippen molar-refractivity contribution >= 4 is 46.4 Å². The highest BCUT2D eigenvalue weighted by Gasteiger charge is 2.20. The summed E-state index contributed by atoms with van der Waals surface area (Å²) in [6.45, 7) is 3.47. The molecule has 0 aliphatic heterocycles. The van der Waals surface area contributed by atoms with Crippen molar-refractivity contribution in [3.63, 3.8) is 0 Å². The zero-order chi connectivity index (χ0) is 13.2. The largest absolute Gasteiger partial charge is 0.299 e. The van der Waals surface area contributed by atoms with Crippen LogP contribution in [0.15, 0.2) is 12.1 Å². The number of hydrogen-bond donors (Lipinski definition) is 0. The van der Waals surface area contributed by atoms with Gasteiger partial charge in [0.2, 0.25) is 0 Å². The Hall–Kier alpha value is -0.570. The number of halogens is 3. The minimum atomic E-state index is -0.379. The Labute approximate surface area is 115 Å². The van der Waals surface area contributed by atoms with E-state index in [-0.39, 0.29) is 39.5 Å². The lowest BCUT2D eigenvalue weighted by molar-refractivity contribution is -0.121. The van der Waals surface area contributed by atoms with Gasteiger partial charge in [0.25, 0.3) is 0 Å². The summed E-state index contributed by atoms with van der Waals surface area (Å²) in [6.07, 6.45) is -0.196. The predicted octanol–water partition coefficient (Wildman–Crippen LogP) is 4.44. The van der Waals surface area contributed by atoms with E-state index in [9.17, 15) is 9.59 Å². The van der Waals surface area contributed by atoms with Crippen molar-refractivity contribution in [2.45, 2.75) is 20.3 Å². The van der Waals surface area contributed by atoms with Crippen molar-refractivity contribution < 1.29 is 9.59 Å². The SMILES string of the molecule is CC(C)C(=O)CC(=O)c1c(Cl)cc(Cl)cc1Cl. The van der Waals surface area contributed by atoms with Gasteiger partial charge in [-0.05, 0) is 12.1 Å². The number of carbonyl (C=O) groups excluding carboxylic acids is 2. The Morgan fingerprint density at radius 2 is 1.59 bits per heavy atom. The predicted molar refractivity (Wildman–Crippen MR) is 70.3 cm³/mol. The molecule has 0 radical (unpaired) electrons. The van der Waals surface area contributed by atoms with E-state index in [1.807, 2.05) is 0 Å². The van der Waals surface area contributed by atoms with Crippen LogP contribution in [-0.4, -0.2) is 11.6 Å². The molecule has 5 heteroatoms. The first-order chi connectivity index (χ1) is 7.82. The molecule has 0 spiro atoms. The molecule has 0 bridgehead atoms. The molecule has 0 aromatic heterocycles. The van der Waals surface area contributed by atoms with Crippen LogP contribution >= 0.6 is 34.8 Å². The van der Waals surface area contributed by atoms with Crippen LogP contribution in [0.1, 0.15) is 30.6 Å². The lowest BCUT2D eigenvalue weighted by Gasteiger charge is -2.07. The van der Waals surface area contributed by atoms with Gasteiger partial charge in [-0.25, -0.2) is 0 Å². The molecule has 0 fully saturated rings. The van der Waals surface area contributed by atoms with Gasteiger partial charge in [0.15, 0.2) is 5.78 Å². The zero-order valence-corrected chi connectivity index (χ0v) is 11.7. The molecule has 1 aromatic carbocycles. The monoisotopic (exact) mass is 292 g/mol. The van der Waals surface area contributed by atoms with Gasteiger partial charge in [-0.1, -0.05) is 48.7 Å². The summed E-state index contributed by atoms with van der Waals surface area (Å²) in [7, 11) is 0. The lowest BCUT2D eigenvalue weighted by Crippen LogP contribution is -2.14. The number of rotatable bonds is 4. The normalized spacial score (nSPS) is 10.7. The topological polar surface area (TPSA) is 34.1 Å². The number of benzene rings is 1. The molecule has 2 nitrogen and oxygen atoms in total. The molecule has 0 saturated carbocycles. The summed E-state index contributed by atoms with van der Waals surface area (Å²) in [6, 6.07) is 2.87. The van der Waals surface area contributed by atoms with Crippen LogP contribution < -0.4 is 0 Å². The van der Waals surface area contributed by atoms with Crippen LogP contribution in [0.3, 0.4) is 0 Å². The highest BCUT2D eigenvalue weighted by Crippen LogP contribution is 2.30. The Balaban J connectivity index is 3.01. The Morgan fingerprint density at radius 3 is 2.00 bits per heavy atom. The summed E-state index contributed by atoms with van der Waals surface area (Å²) in [5.74, 6) is -0.712. The molecule has 0 aliphatic carbocycles. The molecular formula is C12H11Cl3O2. The molecule has 1 rings (SSSR count). The van der Waals surface area contributed by atoms with Crippen molar-refractivity contribution in [2.24, 2.45) is 5.92 Å². The van der Waals surface area contributed by atoms with E-state index in [1.54, 1.807) is 13.8 Å². The molecule has 0 saturated heterocycles. The standard InChI is InChI=1S/C12H11Cl3O2/c1-6(2)10(16)5-11(17)12-8(14)3-7(13)4-9(12)15/h3-4,6H,5H2,1-2H3. The average molecular weight is 294 g/mol. The molecule has 0 heterocycles. The van der Waals surface area contributed by atoms with E-state index in [0.717, 1.165) is 0 Å². The quantitative estimate of drug-likeness (QED) is 0.607. The number of Topliss-reactive ketones (excluding diaryl/α,β-unsaturated/α-hetero) is 2. The maximum atomic E-state index is 11.9. The van der Waals surface area contributed by atoms with Crippen molar-refractivity contribution in [3.8, 4) is 0 Å². The van der Waals surface area contributed by atoms with Gasteiger partial charge >= 0.3 is 0 Å². The molecule has 0 atom stereocenters. The van der Waals surface area contributed by atoms with Crippen LogP contribution in [-0.2, 0) is 4.79 Å². The van der Waals surface area contributed by atoms with Gasteiger partial charge in [-0.15, -0.1) is 0 Å². The van der Waals surface area contributed by atoms with E-state index in [4.69, 9.17) is 34.8 Å². The van der Waals surface area contributed by atoms with Gasteiger partial charge in [-0.2, -0.15) is 0 Å². The van der Waals surface area contributed by atoms with Crippen molar-refractivity contribution in [1.29, 1.82) is 0 Å². The van der Waals surface area contributed by atoms with E-state index in [1.165, 1.54) is 12.1 Å². The summed E-state index contributed by atoms with van der Waals surface area (Å²) in [5.41, 5.74) is 0.159. The Bertz CT molecular complexity index is 444. The van der Waals surface area contributed by atoms with E-state index in [2.05, 4.69) is 0 Å². The van der Waals surface area contributed by atoms with Crippen LogP contribution in [0.2, 0.25) is 15.1 Å². The fourth-order valence-electron chi connectivity index (χ4n) is 1.26. The number of ketones is 2. The maximum absolute atomic E-state index is 11.9. The van der Waals surface area contributed by atoms with Gasteiger partial charge < -0.3 is 0 Å². The van der Waals surface area contributed by atoms with Gasteiger partial charge in [0, 0.05) is 10.9 Å². The fourth-order valence-corrected chi connectivity index (χ4v) is 2.29. The van der Waals surface area contributed by atoms with Crippen LogP contribution in [0, 0.1) is 5.92 Å². The first-order valence-corrected chi connectivity index (χ1v) is 6.16. The highest BCUT2D eigenvalue weighted by atomic mass is 35.5. The summed E-state index contributed by atoms with van der Waals surface area (Å²) in [5, 5.41) is 0.694. The second-order valence-corrected chi connectivity index (χ2v) is 5.22.